The number of nitrogens with one attached hydrogen (secondary N) is 1. The summed E-state index contributed by atoms with van der Waals surface area (Å²) in [5, 5.41) is 2.55. The lowest BCUT2D eigenvalue weighted by atomic mass is 10.1. The lowest BCUT2D eigenvalue weighted by Crippen LogP contribution is -2.31. The minimum Gasteiger partial charge on any atom is -0.497 e. The van der Waals surface area contributed by atoms with Crippen LogP contribution in [0.25, 0.3) is 0 Å². The van der Waals surface area contributed by atoms with Gasteiger partial charge in [0.1, 0.15) is 5.75 Å². The fraction of sp³-hybridized carbons (Fsp3) is 0.500. The zero-order valence-corrected chi connectivity index (χ0v) is 9.47. The zero-order valence-electron chi connectivity index (χ0n) is 9.47. The molecule has 0 amide bonds. The van der Waals surface area contributed by atoms with Gasteiger partial charge in [0.05, 0.1) is 13.7 Å². The highest BCUT2D eigenvalue weighted by atomic mass is 19.4. The summed E-state index contributed by atoms with van der Waals surface area (Å²) >= 11 is 0. The van der Waals surface area contributed by atoms with Crippen molar-refractivity contribution in [2.45, 2.75) is 25.1 Å². The summed E-state index contributed by atoms with van der Waals surface area (Å²) in [6.45, 7) is -0.950. The molecule has 0 saturated carbocycles. The summed E-state index contributed by atoms with van der Waals surface area (Å²) in [6.07, 6.45) is -2.64. The number of ether oxygens (including phenoxy) is 1. The van der Waals surface area contributed by atoms with Gasteiger partial charge in [0.25, 0.3) is 0 Å². The van der Waals surface area contributed by atoms with E-state index in [9.17, 15) is 13.2 Å². The Labute approximate surface area is 97.8 Å². The Morgan fingerprint density at radius 2 is 2.18 bits per heavy atom. The minimum atomic E-state index is -4.17. The lowest BCUT2D eigenvalue weighted by molar-refractivity contribution is -0.126. The minimum absolute atomic E-state index is 0.221. The molecule has 94 valence electrons. The van der Waals surface area contributed by atoms with Crippen molar-refractivity contribution >= 4 is 0 Å². The van der Waals surface area contributed by atoms with Gasteiger partial charge in [0, 0.05) is 6.04 Å². The van der Waals surface area contributed by atoms with E-state index in [1.165, 1.54) is 0 Å². The molecule has 1 aliphatic rings. The summed E-state index contributed by atoms with van der Waals surface area (Å²) < 4.78 is 41.5. The number of alkyl halides is 3. The highest BCUT2D eigenvalue weighted by Crippen LogP contribution is 2.34. The molecule has 1 aliphatic carbocycles. The second-order valence-electron chi connectivity index (χ2n) is 4.15. The number of aryl methyl sites for hydroxylation is 1. The van der Waals surface area contributed by atoms with Crippen molar-refractivity contribution in [2.75, 3.05) is 13.7 Å². The summed E-state index contributed by atoms with van der Waals surface area (Å²) in [5.41, 5.74) is 2.03. The molecule has 0 saturated heterocycles. The molecule has 0 spiro atoms. The van der Waals surface area contributed by atoms with Crippen LogP contribution in [0, 0.1) is 0 Å². The van der Waals surface area contributed by atoms with Gasteiger partial charge in [0.2, 0.25) is 0 Å². The van der Waals surface area contributed by atoms with Crippen LogP contribution in [0.4, 0.5) is 13.2 Å². The van der Waals surface area contributed by atoms with E-state index in [4.69, 9.17) is 4.74 Å². The second kappa shape index (κ2) is 4.56. The van der Waals surface area contributed by atoms with Crippen LogP contribution >= 0.6 is 0 Å². The van der Waals surface area contributed by atoms with Crippen molar-refractivity contribution in [3.63, 3.8) is 0 Å². The standard InChI is InChI=1S/C12H14F3NO/c1-17-9-4-2-8-3-5-11(10(8)6-9)16-7-12(13,14)15/h2,4,6,11,16H,3,5,7H2,1H3. The summed E-state index contributed by atoms with van der Waals surface area (Å²) in [4.78, 5) is 0. The maximum absolute atomic E-state index is 12.1. The Hall–Kier alpha value is -1.23. The van der Waals surface area contributed by atoms with Crippen LogP contribution in [0.5, 0.6) is 5.75 Å². The van der Waals surface area contributed by atoms with Gasteiger partial charge in [-0.25, -0.2) is 0 Å². The van der Waals surface area contributed by atoms with E-state index >= 15 is 0 Å². The van der Waals surface area contributed by atoms with Crippen molar-refractivity contribution in [1.29, 1.82) is 0 Å². The lowest BCUT2D eigenvalue weighted by Gasteiger charge is -2.16. The molecule has 2 rings (SSSR count). The van der Waals surface area contributed by atoms with Gasteiger partial charge in [-0.1, -0.05) is 6.07 Å². The van der Waals surface area contributed by atoms with Gasteiger partial charge >= 0.3 is 6.18 Å². The fourth-order valence-electron chi connectivity index (χ4n) is 2.16. The van der Waals surface area contributed by atoms with E-state index in [2.05, 4.69) is 5.32 Å². The van der Waals surface area contributed by atoms with Gasteiger partial charge in [-0.3, -0.25) is 0 Å². The molecular weight excluding hydrogens is 231 g/mol. The van der Waals surface area contributed by atoms with Gasteiger partial charge < -0.3 is 10.1 Å². The predicted molar refractivity (Wildman–Crippen MR) is 58.1 cm³/mol. The molecule has 5 heteroatoms. The van der Waals surface area contributed by atoms with Gasteiger partial charge in [-0.2, -0.15) is 13.2 Å². The molecule has 0 fully saturated rings. The molecule has 0 aromatic heterocycles. The molecule has 1 unspecified atom stereocenters. The van der Waals surface area contributed by atoms with Crippen molar-refractivity contribution in [1.82, 2.24) is 5.32 Å². The molecule has 2 nitrogen and oxygen atoms in total. The van der Waals surface area contributed by atoms with Crippen molar-refractivity contribution in [3.05, 3.63) is 29.3 Å². The number of hydrogen-bond acceptors (Lipinski definition) is 2. The summed E-state index contributed by atoms with van der Waals surface area (Å²) in [5.74, 6) is 0.685. The van der Waals surface area contributed by atoms with Crippen LogP contribution in [0.3, 0.4) is 0 Å². The number of rotatable bonds is 3. The molecule has 0 aliphatic heterocycles. The topological polar surface area (TPSA) is 21.3 Å². The molecule has 0 radical (unpaired) electrons. The van der Waals surface area contributed by atoms with Crippen LogP contribution in [0.15, 0.2) is 18.2 Å². The van der Waals surface area contributed by atoms with E-state index in [0.29, 0.717) is 12.2 Å². The molecule has 1 atom stereocenters. The highest BCUT2D eigenvalue weighted by Gasteiger charge is 2.30. The zero-order chi connectivity index (χ0) is 12.5. The number of methoxy groups -OCH3 is 1. The number of hydrogen-bond donors (Lipinski definition) is 1. The van der Waals surface area contributed by atoms with E-state index in [0.717, 1.165) is 17.5 Å². The third-order valence-corrected chi connectivity index (χ3v) is 2.98. The van der Waals surface area contributed by atoms with Crippen LogP contribution in [0.2, 0.25) is 0 Å². The van der Waals surface area contributed by atoms with Crippen molar-refractivity contribution in [3.8, 4) is 5.75 Å². The van der Waals surface area contributed by atoms with Crippen LogP contribution < -0.4 is 10.1 Å². The Morgan fingerprint density at radius 3 is 2.82 bits per heavy atom. The molecule has 17 heavy (non-hydrogen) atoms. The summed E-state index contributed by atoms with van der Waals surface area (Å²) in [7, 11) is 1.55. The van der Waals surface area contributed by atoms with Crippen LogP contribution in [-0.2, 0) is 6.42 Å². The van der Waals surface area contributed by atoms with Gasteiger partial charge in [-0.15, -0.1) is 0 Å². The molecule has 0 heterocycles. The smallest absolute Gasteiger partial charge is 0.401 e. The molecular formula is C12H14F3NO. The SMILES string of the molecule is COc1ccc2c(c1)C(NCC(F)(F)F)CC2. The number of benzene rings is 1. The predicted octanol–water partition coefficient (Wildman–Crippen LogP) is 2.83. The Morgan fingerprint density at radius 1 is 1.41 bits per heavy atom. The second-order valence-corrected chi connectivity index (χ2v) is 4.15. The van der Waals surface area contributed by atoms with Gasteiger partial charge in [-0.05, 0) is 36.1 Å². The molecule has 1 aromatic carbocycles. The Balaban J connectivity index is 2.10. The number of fused-ring (bicyclic) bond motifs is 1. The Bertz CT molecular complexity index is 403. The van der Waals surface area contributed by atoms with E-state index in [1.54, 1.807) is 7.11 Å². The van der Waals surface area contributed by atoms with Crippen molar-refractivity contribution in [2.24, 2.45) is 0 Å². The molecule has 1 N–H and O–H groups in total. The van der Waals surface area contributed by atoms with Crippen molar-refractivity contribution < 1.29 is 17.9 Å². The van der Waals surface area contributed by atoms with Crippen LogP contribution in [-0.4, -0.2) is 19.8 Å². The highest BCUT2D eigenvalue weighted by molar-refractivity contribution is 5.40. The van der Waals surface area contributed by atoms with E-state index < -0.39 is 12.7 Å². The first kappa shape index (κ1) is 12.2. The van der Waals surface area contributed by atoms with E-state index in [-0.39, 0.29) is 6.04 Å². The average molecular weight is 245 g/mol. The first-order valence-electron chi connectivity index (χ1n) is 5.46. The largest absolute Gasteiger partial charge is 0.497 e. The normalized spacial score (nSPS) is 19.2. The maximum Gasteiger partial charge on any atom is 0.401 e. The van der Waals surface area contributed by atoms with Crippen LogP contribution in [0.1, 0.15) is 23.6 Å². The average Bonchev–Trinajstić information content (AvgIpc) is 2.67. The Kier molecular flexibility index (Phi) is 3.28. The summed E-state index contributed by atoms with van der Waals surface area (Å²) in [6, 6.07) is 5.35. The maximum atomic E-state index is 12.1. The monoisotopic (exact) mass is 245 g/mol. The van der Waals surface area contributed by atoms with Gasteiger partial charge in [0.15, 0.2) is 0 Å². The van der Waals surface area contributed by atoms with E-state index in [1.807, 2.05) is 18.2 Å². The number of halogens is 3. The molecule has 0 bridgehead atoms. The first-order valence-corrected chi connectivity index (χ1v) is 5.46. The first-order chi connectivity index (χ1) is 7.99. The third kappa shape index (κ3) is 2.91. The third-order valence-electron chi connectivity index (χ3n) is 2.98. The quantitative estimate of drug-likeness (QED) is 0.884. The fourth-order valence-corrected chi connectivity index (χ4v) is 2.16. The molecule has 1 aromatic rings.